The minimum absolute atomic E-state index is 0.207. The number of hydrogen-bond acceptors (Lipinski definition) is 3. The van der Waals surface area contributed by atoms with E-state index in [0.29, 0.717) is 12.6 Å². The molecule has 0 saturated carbocycles. The summed E-state index contributed by atoms with van der Waals surface area (Å²) in [5.41, 5.74) is 8.25. The molecule has 2 aromatic rings. The third-order valence-corrected chi connectivity index (χ3v) is 3.89. The summed E-state index contributed by atoms with van der Waals surface area (Å²) < 4.78 is 14.8. The molecule has 0 aliphatic carbocycles. The topological polar surface area (TPSA) is 47.1 Å². The average Bonchev–Trinajstić information content (AvgIpc) is 2.89. The Labute approximate surface area is 124 Å². The second-order valence-electron chi connectivity index (χ2n) is 5.81. The van der Waals surface area contributed by atoms with E-state index in [1.165, 1.54) is 24.1 Å². The summed E-state index contributed by atoms with van der Waals surface area (Å²) in [6.45, 7) is 3.64. The fraction of sp³-hybridized carbons (Fsp3) is 0.438. The monoisotopic (exact) mass is 288 g/mol. The Bertz CT molecular complexity index is 578. The van der Waals surface area contributed by atoms with E-state index >= 15 is 0 Å². The number of likely N-dealkylation sites (tertiary alicyclic amines) is 1. The molecule has 0 radical (unpaired) electrons. The van der Waals surface area contributed by atoms with E-state index in [1.54, 1.807) is 12.1 Å². The van der Waals surface area contributed by atoms with Crippen LogP contribution in [0.15, 0.2) is 36.7 Å². The first-order valence-electron chi connectivity index (χ1n) is 7.43. The molecule has 0 unspecified atom stereocenters. The molecule has 1 fully saturated rings. The van der Waals surface area contributed by atoms with Gasteiger partial charge in [0.1, 0.15) is 5.82 Å². The molecule has 1 aliphatic heterocycles. The number of hydrogen-bond donors (Lipinski definition) is 1. The standard InChI is InChI=1S/C16H21FN4/c17-15-5-3-13(4-6-15)10-21-11-14(8-19-21)9-20-7-1-2-16(18)12-20/h3-6,8,11,16H,1-2,7,9-10,12,18H2/t16-/m1/s1. The van der Waals surface area contributed by atoms with Gasteiger partial charge in [-0.3, -0.25) is 9.58 Å². The van der Waals surface area contributed by atoms with Crippen molar-refractivity contribution < 1.29 is 4.39 Å². The van der Waals surface area contributed by atoms with Gasteiger partial charge in [-0.05, 0) is 37.1 Å². The normalized spacial score (nSPS) is 19.8. The summed E-state index contributed by atoms with van der Waals surface area (Å²) in [6, 6.07) is 6.85. The smallest absolute Gasteiger partial charge is 0.123 e. The lowest BCUT2D eigenvalue weighted by Crippen LogP contribution is -2.42. The Balaban J connectivity index is 1.59. The lowest BCUT2D eigenvalue weighted by atomic mass is 10.1. The molecule has 21 heavy (non-hydrogen) atoms. The van der Waals surface area contributed by atoms with Crippen LogP contribution in [0.2, 0.25) is 0 Å². The van der Waals surface area contributed by atoms with Crippen molar-refractivity contribution in [1.82, 2.24) is 14.7 Å². The molecule has 3 rings (SSSR count). The van der Waals surface area contributed by atoms with Crippen molar-refractivity contribution in [3.8, 4) is 0 Å². The predicted octanol–water partition coefficient (Wildman–Crippen LogP) is 1.99. The molecule has 112 valence electrons. The first kappa shape index (κ1) is 14.2. The van der Waals surface area contributed by atoms with Crippen molar-refractivity contribution in [1.29, 1.82) is 0 Å². The van der Waals surface area contributed by atoms with Crippen LogP contribution < -0.4 is 5.73 Å². The van der Waals surface area contributed by atoms with Crippen molar-refractivity contribution in [2.75, 3.05) is 13.1 Å². The van der Waals surface area contributed by atoms with Crippen molar-refractivity contribution in [3.63, 3.8) is 0 Å². The van der Waals surface area contributed by atoms with Gasteiger partial charge in [0.2, 0.25) is 0 Å². The molecule has 0 amide bonds. The van der Waals surface area contributed by atoms with Gasteiger partial charge in [-0.25, -0.2) is 4.39 Å². The van der Waals surface area contributed by atoms with Gasteiger partial charge in [0.15, 0.2) is 0 Å². The summed E-state index contributed by atoms with van der Waals surface area (Å²) in [5.74, 6) is -0.207. The summed E-state index contributed by atoms with van der Waals surface area (Å²) in [6.07, 6.45) is 6.26. The second kappa shape index (κ2) is 6.37. The first-order chi connectivity index (χ1) is 10.2. The van der Waals surface area contributed by atoms with Gasteiger partial charge < -0.3 is 5.73 Å². The Morgan fingerprint density at radius 2 is 2.00 bits per heavy atom. The minimum Gasteiger partial charge on any atom is -0.327 e. The molecule has 5 heteroatoms. The summed E-state index contributed by atoms with van der Waals surface area (Å²) in [7, 11) is 0. The Morgan fingerprint density at radius 1 is 1.19 bits per heavy atom. The zero-order valence-electron chi connectivity index (χ0n) is 12.1. The van der Waals surface area contributed by atoms with Crippen LogP contribution in [0.4, 0.5) is 4.39 Å². The molecular weight excluding hydrogens is 267 g/mol. The number of benzene rings is 1. The third kappa shape index (κ3) is 3.89. The van der Waals surface area contributed by atoms with Crippen LogP contribution in [-0.2, 0) is 13.1 Å². The van der Waals surface area contributed by atoms with Crippen LogP contribution in [0.1, 0.15) is 24.0 Å². The Morgan fingerprint density at radius 3 is 2.76 bits per heavy atom. The van der Waals surface area contributed by atoms with E-state index in [1.807, 2.05) is 10.9 Å². The lowest BCUT2D eigenvalue weighted by molar-refractivity contribution is 0.201. The molecule has 2 N–H and O–H groups in total. The predicted molar refractivity (Wildman–Crippen MR) is 80.2 cm³/mol. The van der Waals surface area contributed by atoms with Crippen molar-refractivity contribution >= 4 is 0 Å². The van der Waals surface area contributed by atoms with Crippen LogP contribution in [0.25, 0.3) is 0 Å². The molecule has 2 heterocycles. The molecule has 1 saturated heterocycles. The number of aromatic nitrogens is 2. The van der Waals surface area contributed by atoms with Gasteiger partial charge in [-0.1, -0.05) is 12.1 Å². The van der Waals surface area contributed by atoms with Gasteiger partial charge in [0, 0.05) is 30.9 Å². The lowest BCUT2D eigenvalue weighted by Gasteiger charge is -2.30. The number of nitrogens with zero attached hydrogens (tertiary/aromatic N) is 3. The highest BCUT2D eigenvalue weighted by Crippen LogP contribution is 2.13. The van der Waals surface area contributed by atoms with Gasteiger partial charge in [0.05, 0.1) is 12.7 Å². The summed E-state index contributed by atoms with van der Waals surface area (Å²) in [5, 5.41) is 4.38. The van der Waals surface area contributed by atoms with E-state index in [2.05, 4.69) is 16.2 Å². The van der Waals surface area contributed by atoms with Gasteiger partial charge in [0.25, 0.3) is 0 Å². The summed E-state index contributed by atoms with van der Waals surface area (Å²) >= 11 is 0. The van der Waals surface area contributed by atoms with Gasteiger partial charge >= 0.3 is 0 Å². The molecule has 1 atom stereocenters. The van der Waals surface area contributed by atoms with Gasteiger partial charge in [-0.15, -0.1) is 0 Å². The molecule has 1 aromatic carbocycles. The molecular formula is C16H21FN4. The van der Waals surface area contributed by atoms with Crippen LogP contribution in [0.3, 0.4) is 0 Å². The maximum atomic E-state index is 12.9. The van der Waals surface area contributed by atoms with E-state index in [4.69, 9.17) is 5.73 Å². The Kier molecular flexibility index (Phi) is 4.31. The van der Waals surface area contributed by atoms with E-state index in [0.717, 1.165) is 31.6 Å². The summed E-state index contributed by atoms with van der Waals surface area (Å²) in [4.78, 5) is 2.38. The zero-order valence-corrected chi connectivity index (χ0v) is 12.1. The maximum Gasteiger partial charge on any atom is 0.123 e. The van der Waals surface area contributed by atoms with E-state index in [-0.39, 0.29) is 5.82 Å². The van der Waals surface area contributed by atoms with Gasteiger partial charge in [-0.2, -0.15) is 5.10 Å². The van der Waals surface area contributed by atoms with Crippen LogP contribution in [0.5, 0.6) is 0 Å². The highest BCUT2D eigenvalue weighted by Gasteiger charge is 2.17. The fourth-order valence-corrected chi connectivity index (χ4v) is 2.84. The van der Waals surface area contributed by atoms with Crippen LogP contribution in [-0.4, -0.2) is 33.8 Å². The van der Waals surface area contributed by atoms with E-state index < -0.39 is 0 Å². The van der Waals surface area contributed by atoms with Crippen molar-refractivity contribution in [2.24, 2.45) is 5.73 Å². The molecule has 4 nitrogen and oxygen atoms in total. The maximum absolute atomic E-state index is 12.9. The quantitative estimate of drug-likeness (QED) is 0.936. The second-order valence-corrected chi connectivity index (χ2v) is 5.81. The number of halogens is 1. The molecule has 0 bridgehead atoms. The highest BCUT2D eigenvalue weighted by molar-refractivity contribution is 5.16. The highest BCUT2D eigenvalue weighted by atomic mass is 19.1. The molecule has 0 spiro atoms. The minimum atomic E-state index is -0.207. The zero-order chi connectivity index (χ0) is 14.7. The average molecular weight is 288 g/mol. The van der Waals surface area contributed by atoms with Crippen LogP contribution in [0, 0.1) is 5.82 Å². The number of nitrogens with two attached hydrogens (primary N) is 1. The number of piperidine rings is 1. The fourth-order valence-electron chi connectivity index (χ4n) is 2.84. The van der Waals surface area contributed by atoms with Crippen molar-refractivity contribution in [3.05, 3.63) is 53.6 Å². The molecule has 1 aromatic heterocycles. The van der Waals surface area contributed by atoms with Crippen LogP contribution >= 0.6 is 0 Å². The molecule has 1 aliphatic rings. The Hall–Kier alpha value is -1.72. The SMILES string of the molecule is N[C@@H]1CCCN(Cc2cnn(Cc3ccc(F)cc3)c2)C1. The largest absolute Gasteiger partial charge is 0.327 e. The first-order valence-corrected chi connectivity index (χ1v) is 7.43. The number of rotatable bonds is 4. The van der Waals surface area contributed by atoms with Crippen molar-refractivity contribution in [2.45, 2.75) is 32.0 Å². The van der Waals surface area contributed by atoms with E-state index in [9.17, 15) is 4.39 Å². The third-order valence-electron chi connectivity index (χ3n) is 3.89.